The van der Waals surface area contributed by atoms with Gasteiger partial charge in [0.15, 0.2) is 0 Å². The molecule has 590 valence electrons. The topological polar surface area (TPSA) is 43.6 Å². The van der Waals surface area contributed by atoms with E-state index in [-0.39, 0.29) is 0 Å². The molecule has 0 aliphatic carbocycles. The number of thiophene rings is 1. The standard InChI is InChI=1S/C123H72N4S/c1-3-22-73(23-4-1)89-41-21-42-106-107-56-55-88(86-63-84(80-48-52-99-92-32-8-7-30-90(92)91-31-9-12-36-96(91)108(99)68-80)62-85(64-86)81-49-57-118-113(69-81)104-39-17-18-43-117(104)127(118)87-28-5-2-6-29-87)119(123(107)128-122(89)106)83-27-20-26-82(61-83)116-71-112-98-38-14-11-34-94(98)101-51-45-78(67-111(101)115(112)72-126-116)77-47-54-103-109(66-77)97-37-13-10-33-93(97)100-50-44-76(65-110(100)103)74-24-19-25-75(60-74)79-46-53-102-95-35-15-16-40-105(95)120-121(114(102)70-79)125-59-58-124-120/h1-72H. The number of para-hydroxylation sites is 2. The van der Waals surface area contributed by atoms with Gasteiger partial charge in [-0.3, -0.25) is 15.0 Å². The molecule has 27 aromatic rings. The second-order valence-electron chi connectivity index (χ2n) is 34.3. The third-order valence-corrected chi connectivity index (χ3v) is 28.7. The Morgan fingerprint density at radius 1 is 0.172 bits per heavy atom. The van der Waals surface area contributed by atoms with Gasteiger partial charge >= 0.3 is 0 Å². The Kier molecular flexibility index (Phi) is 16.0. The number of benzene rings is 23. The second-order valence-corrected chi connectivity index (χ2v) is 35.3. The van der Waals surface area contributed by atoms with E-state index in [4.69, 9.17) is 15.0 Å². The van der Waals surface area contributed by atoms with Crippen molar-refractivity contribution in [1.82, 2.24) is 19.5 Å². The van der Waals surface area contributed by atoms with Crippen molar-refractivity contribution >= 4 is 183 Å². The van der Waals surface area contributed by atoms with E-state index >= 15 is 0 Å². The van der Waals surface area contributed by atoms with Crippen molar-refractivity contribution < 1.29 is 0 Å². The fourth-order valence-corrected chi connectivity index (χ4v) is 22.9. The molecule has 0 unspecified atom stereocenters. The van der Waals surface area contributed by atoms with Gasteiger partial charge in [0.05, 0.1) is 27.8 Å². The SMILES string of the molecule is c1ccc(-c2cccc3c2sc2c(-c4cccc(-c5cc6c7ccccc7c7ccc(-c8ccc9c%10cc(-c%11cccc(-c%12ccc%13c%14ccccc%14c%14nccnc%14c%13c%12)c%11)ccc%10c%10ccccc%10c9c8)cc7c6cn5)c4)c(-c4cc(-c5ccc6c7ccccc7c7ccccc7c6c5)cc(-c5ccc6c(c5)c5ccccc5n6-c5ccccc5)c4)ccc23)cc1. The largest absolute Gasteiger partial charge is 0.309 e. The van der Waals surface area contributed by atoms with Crippen LogP contribution in [0.2, 0.25) is 0 Å². The quantitative estimate of drug-likeness (QED) is 0.128. The predicted molar refractivity (Wildman–Crippen MR) is 546 cm³/mol. The monoisotopic (exact) mass is 1640 g/mol. The van der Waals surface area contributed by atoms with Gasteiger partial charge in [-0.2, -0.15) is 0 Å². The number of pyridine rings is 1. The molecule has 0 saturated carbocycles. The number of hydrogen-bond acceptors (Lipinski definition) is 4. The molecule has 4 aromatic heterocycles. The van der Waals surface area contributed by atoms with Crippen LogP contribution < -0.4 is 0 Å². The van der Waals surface area contributed by atoms with Gasteiger partial charge in [0.25, 0.3) is 0 Å². The smallest absolute Gasteiger partial charge is 0.0971 e. The Morgan fingerprint density at radius 2 is 0.516 bits per heavy atom. The molecule has 0 aliphatic rings. The minimum atomic E-state index is 0.911. The first kappa shape index (κ1) is 71.9. The zero-order chi connectivity index (χ0) is 83.8. The van der Waals surface area contributed by atoms with Crippen molar-refractivity contribution in [3.63, 3.8) is 0 Å². The minimum absolute atomic E-state index is 0.911. The molecular formula is C123H72N4S. The van der Waals surface area contributed by atoms with Gasteiger partial charge in [-0.15, -0.1) is 11.3 Å². The summed E-state index contributed by atoms with van der Waals surface area (Å²) in [6.07, 6.45) is 5.75. The van der Waals surface area contributed by atoms with Gasteiger partial charge in [0, 0.05) is 82.5 Å². The Balaban J connectivity index is 0.604. The molecule has 0 atom stereocenters. The fourth-order valence-electron chi connectivity index (χ4n) is 21.5. The van der Waals surface area contributed by atoms with Crippen LogP contribution in [0.3, 0.4) is 0 Å². The number of rotatable bonds is 10. The zero-order valence-electron chi connectivity index (χ0n) is 69.3. The van der Waals surface area contributed by atoms with Crippen LogP contribution in [0, 0.1) is 0 Å². The zero-order valence-corrected chi connectivity index (χ0v) is 70.1. The van der Waals surface area contributed by atoms with Crippen molar-refractivity contribution in [1.29, 1.82) is 0 Å². The van der Waals surface area contributed by atoms with Crippen molar-refractivity contribution in [3.05, 3.63) is 437 Å². The highest BCUT2D eigenvalue weighted by molar-refractivity contribution is 7.27. The molecule has 0 N–H and O–H groups in total. The van der Waals surface area contributed by atoms with E-state index < -0.39 is 0 Å². The number of hydrogen-bond donors (Lipinski definition) is 0. The summed E-state index contributed by atoms with van der Waals surface area (Å²) in [6.45, 7) is 0. The van der Waals surface area contributed by atoms with Crippen LogP contribution in [-0.2, 0) is 0 Å². The highest BCUT2D eigenvalue weighted by Crippen LogP contribution is 2.52. The van der Waals surface area contributed by atoms with Crippen molar-refractivity contribution in [2.24, 2.45) is 0 Å². The summed E-state index contributed by atoms with van der Waals surface area (Å²) < 4.78 is 4.92. The lowest BCUT2D eigenvalue weighted by atomic mass is 9.87. The van der Waals surface area contributed by atoms with Gasteiger partial charge in [-0.1, -0.05) is 322 Å². The lowest BCUT2D eigenvalue weighted by Gasteiger charge is -2.17. The highest BCUT2D eigenvalue weighted by atomic mass is 32.1. The molecule has 0 radical (unpaired) electrons. The average Bonchev–Trinajstić information content (AvgIpc) is 1.32. The minimum Gasteiger partial charge on any atom is -0.309 e. The van der Waals surface area contributed by atoms with Crippen LogP contribution in [0.1, 0.15) is 0 Å². The molecule has 0 amide bonds. The molecule has 5 heteroatoms. The van der Waals surface area contributed by atoms with Crippen LogP contribution >= 0.6 is 11.3 Å². The second kappa shape index (κ2) is 28.5. The first-order valence-electron chi connectivity index (χ1n) is 44.0. The average molecular weight is 1640 g/mol. The summed E-state index contributed by atoms with van der Waals surface area (Å²) in [5.41, 5.74) is 25.8. The number of fused-ring (bicyclic) bond motifs is 30. The summed E-state index contributed by atoms with van der Waals surface area (Å²) in [6, 6.07) is 157. The Hall–Kier alpha value is -16.6. The summed E-state index contributed by atoms with van der Waals surface area (Å²) >= 11 is 1.91. The van der Waals surface area contributed by atoms with Crippen LogP contribution in [0.15, 0.2) is 437 Å². The molecule has 4 nitrogen and oxygen atoms in total. The lowest BCUT2D eigenvalue weighted by Crippen LogP contribution is -1.93. The van der Waals surface area contributed by atoms with Gasteiger partial charge in [-0.05, 0) is 283 Å². The highest BCUT2D eigenvalue weighted by Gasteiger charge is 2.25. The molecular weight excluding hydrogens is 1570 g/mol. The Bertz CT molecular complexity index is 9400. The summed E-state index contributed by atoms with van der Waals surface area (Å²) in [5.74, 6) is 0. The Morgan fingerprint density at radius 3 is 1.09 bits per heavy atom. The maximum Gasteiger partial charge on any atom is 0.0971 e. The van der Waals surface area contributed by atoms with Crippen LogP contribution in [0.4, 0.5) is 0 Å². The molecule has 0 fully saturated rings. The van der Waals surface area contributed by atoms with Gasteiger partial charge < -0.3 is 4.57 Å². The summed E-state index contributed by atoms with van der Waals surface area (Å²) in [4.78, 5) is 15.3. The molecule has 0 bridgehead atoms. The van der Waals surface area contributed by atoms with E-state index in [0.29, 0.717) is 0 Å². The Labute approximate surface area is 740 Å². The van der Waals surface area contributed by atoms with E-state index in [1.54, 1.807) is 12.4 Å². The molecule has 0 spiro atoms. The molecule has 4 heterocycles. The molecule has 27 rings (SSSR count). The molecule has 23 aromatic carbocycles. The van der Waals surface area contributed by atoms with Crippen LogP contribution in [-0.4, -0.2) is 19.5 Å². The molecule has 0 saturated heterocycles. The third-order valence-electron chi connectivity index (χ3n) is 27.4. The van der Waals surface area contributed by atoms with E-state index in [1.807, 2.05) is 11.3 Å². The van der Waals surface area contributed by atoms with Crippen molar-refractivity contribution in [2.45, 2.75) is 0 Å². The van der Waals surface area contributed by atoms with Gasteiger partial charge in [0.1, 0.15) is 0 Å². The number of aromatic nitrogens is 4. The normalized spacial score (nSPS) is 12.1. The van der Waals surface area contributed by atoms with E-state index in [0.717, 1.165) is 116 Å². The van der Waals surface area contributed by atoms with E-state index in [9.17, 15) is 0 Å². The fraction of sp³-hybridized carbons (Fsp3) is 0. The van der Waals surface area contributed by atoms with Crippen LogP contribution in [0.5, 0.6) is 0 Å². The van der Waals surface area contributed by atoms with Gasteiger partial charge in [0.2, 0.25) is 0 Å². The lowest BCUT2D eigenvalue weighted by molar-refractivity contribution is 1.18. The van der Waals surface area contributed by atoms with Crippen molar-refractivity contribution in [2.75, 3.05) is 0 Å². The first-order chi connectivity index (χ1) is 63.4. The van der Waals surface area contributed by atoms with Crippen molar-refractivity contribution in [3.8, 4) is 106 Å². The summed E-state index contributed by atoms with van der Waals surface area (Å²) in [5, 5.41) is 31.4. The maximum absolute atomic E-state index is 5.58. The summed E-state index contributed by atoms with van der Waals surface area (Å²) in [7, 11) is 0. The number of nitrogens with zero attached hydrogens (tertiary/aromatic N) is 4. The van der Waals surface area contributed by atoms with Crippen LogP contribution in [0.25, 0.3) is 277 Å². The van der Waals surface area contributed by atoms with E-state index in [1.165, 1.54) is 161 Å². The van der Waals surface area contributed by atoms with E-state index in [2.05, 4.69) is 429 Å². The van der Waals surface area contributed by atoms with Gasteiger partial charge in [-0.25, -0.2) is 0 Å². The first-order valence-corrected chi connectivity index (χ1v) is 44.8. The molecule has 0 aliphatic heterocycles. The molecule has 128 heavy (non-hydrogen) atoms. The maximum atomic E-state index is 5.58. The predicted octanol–water partition coefficient (Wildman–Crippen LogP) is 34.2. The third kappa shape index (κ3) is 11.2.